The summed E-state index contributed by atoms with van der Waals surface area (Å²) in [5, 5.41) is 0. The van der Waals surface area contributed by atoms with Gasteiger partial charge in [-0.3, -0.25) is 0 Å². The van der Waals surface area contributed by atoms with Gasteiger partial charge in [0.2, 0.25) is 5.88 Å². The van der Waals surface area contributed by atoms with Crippen molar-refractivity contribution in [2.45, 2.75) is 32.7 Å². The summed E-state index contributed by atoms with van der Waals surface area (Å²) in [5.41, 5.74) is 1.89. The summed E-state index contributed by atoms with van der Waals surface area (Å²) in [6.07, 6.45) is 3.95. The summed E-state index contributed by atoms with van der Waals surface area (Å²) in [7, 11) is 1.64. The number of methoxy groups -OCH3 is 1. The first kappa shape index (κ1) is 12.7. The van der Waals surface area contributed by atoms with Gasteiger partial charge < -0.3 is 14.3 Å². The van der Waals surface area contributed by atoms with E-state index in [4.69, 9.17) is 17.0 Å². The number of aromatic amines is 1. The van der Waals surface area contributed by atoms with E-state index >= 15 is 0 Å². The van der Waals surface area contributed by atoms with Gasteiger partial charge in [-0.05, 0) is 36.5 Å². The average Bonchev–Trinajstić information content (AvgIpc) is 2.94. The molecule has 0 aromatic carbocycles. The average molecular weight is 277 g/mol. The molecule has 3 rings (SSSR count). The van der Waals surface area contributed by atoms with E-state index in [0.717, 1.165) is 28.4 Å². The van der Waals surface area contributed by atoms with Crippen LogP contribution in [0.5, 0.6) is 5.88 Å². The number of nitrogens with zero attached hydrogens (tertiary/aromatic N) is 2. The van der Waals surface area contributed by atoms with Crippen LogP contribution < -0.4 is 4.74 Å². The zero-order chi connectivity index (χ0) is 13.4. The van der Waals surface area contributed by atoms with E-state index in [9.17, 15) is 0 Å². The molecule has 19 heavy (non-hydrogen) atoms. The Kier molecular flexibility index (Phi) is 3.31. The van der Waals surface area contributed by atoms with Crippen LogP contribution in [0.2, 0.25) is 0 Å². The first-order valence-electron chi connectivity index (χ1n) is 6.82. The number of H-pyrrole nitrogens is 1. The Labute approximate surface area is 117 Å². The number of nitrogens with one attached hydrogen (secondary N) is 1. The predicted molar refractivity (Wildman–Crippen MR) is 78.0 cm³/mol. The Morgan fingerprint density at radius 2 is 2.32 bits per heavy atom. The Bertz CT molecular complexity index is 646. The molecule has 2 aromatic rings. The largest absolute Gasteiger partial charge is 0.481 e. The number of imidazole rings is 1. The highest BCUT2D eigenvalue weighted by molar-refractivity contribution is 7.71. The first-order chi connectivity index (χ1) is 9.19. The zero-order valence-electron chi connectivity index (χ0n) is 11.3. The van der Waals surface area contributed by atoms with Crippen LogP contribution in [0, 0.1) is 16.6 Å². The van der Waals surface area contributed by atoms with Crippen molar-refractivity contribution in [1.82, 2.24) is 14.5 Å². The molecule has 0 radical (unpaired) electrons. The molecule has 5 heteroatoms. The summed E-state index contributed by atoms with van der Waals surface area (Å²) >= 11 is 5.43. The fourth-order valence-corrected chi connectivity index (χ4v) is 3.30. The van der Waals surface area contributed by atoms with Crippen LogP contribution in [-0.4, -0.2) is 21.6 Å². The summed E-state index contributed by atoms with van der Waals surface area (Å²) in [4.78, 5) is 7.75. The minimum atomic E-state index is 0.634. The highest BCUT2D eigenvalue weighted by atomic mass is 32.1. The van der Waals surface area contributed by atoms with E-state index in [1.54, 1.807) is 7.11 Å². The van der Waals surface area contributed by atoms with Gasteiger partial charge in [0.25, 0.3) is 0 Å². The molecule has 2 unspecified atom stereocenters. The molecule has 1 N–H and O–H groups in total. The molecule has 2 heterocycles. The molecule has 2 aromatic heterocycles. The van der Waals surface area contributed by atoms with Gasteiger partial charge in [-0.1, -0.05) is 19.8 Å². The lowest BCUT2D eigenvalue weighted by Crippen LogP contribution is -2.13. The summed E-state index contributed by atoms with van der Waals surface area (Å²) in [5.74, 6) is 2.12. The molecule has 102 valence electrons. The molecule has 1 aliphatic carbocycles. The Balaban J connectivity index is 2.01. The zero-order valence-corrected chi connectivity index (χ0v) is 12.2. The molecule has 2 atom stereocenters. The normalized spacial score (nSPS) is 23.1. The number of ether oxygens (including phenoxy) is 1. The second-order valence-electron chi connectivity index (χ2n) is 5.43. The Morgan fingerprint density at radius 1 is 1.47 bits per heavy atom. The van der Waals surface area contributed by atoms with E-state index in [0.29, 0.717) is 11.8 Å². The van der Waals surface area contributed by atoms with Crippen LogP contribution in [0.25, 0.3) is 11.2 Å². The maximum atomic E-state index is 5.43. The third-order valence-corrected chi connectivity index (χ3v) is 4.58. The van der Waals surface area contributed by atoms with Crippen LogP contribution in [0.3, 0.4) is 0 Å². The fourth-order valence-electron chi connectivity index (χ4n) is 3.02. The molecule has 0 amide bonds. The second kappa shape index (κ2) is 4.96. The number of rotatable bonds is 3. The molecule has 4 nitrogen and oxygen atoms in total. The van der Waals surface area contributed by atoms with E-state index in [1.807, 2.05) is 12.1 Å². The van der Waals surface area contributed by atoms with Crippen molar-refractivity contribution in [3.63, 3.8) is 0 Å². The van der Waals surface area contributed by atoms with Gasteiger partial charge in [-0.2, -0.15) is 4.98 Å². The predicted octanol–water partition coefficient (Wildman–Crippen LogP) is 3.54. The second-order valence-corrected chi connectivity index (χ2v) is 5.82. The third-order valence-electron chi connectivity index (χ3n) is 4.26. The van der Waals surface area contributed by atoms with Crippen molar-refractivity contribution >= 4 is 23.4 Å². The van der Waals surface area contributed by atoms with Crippen LogP contribution in [0.1, 0.15) is 26.2 Å². The van der Waals surface area contributed by atoms with Gasteiger partial charge in [-0.25, -0.2) is 0 Å². The molecule has 1 fully saturated rings. The van der Waals surface area contributed by atoms with E-state index in [2.05, 4.69) is 21.5 Å². The number of hydrogen-bond acceptors (Lipinski definition) is 3. The molecule has 0 spiro atoms. The van der Waals surface area contributed by atoms with Crippen molar-refractivity contribution in [2.24, 2.45) is 11.8 Å². The van der Waals surface area contributed by atoms with E-state index in [1.165, 1.54) is 19.3 Å². The molecule has 1 saturated carbocycles. The SMILES string of the molecule is COc1ccc2[nH]c(=S)n(CC3CCCC3C)c2n1. The van der Waals surface area contributed by atoms with Gasteiger partial charge in [0.05, 0.1) is 12.6 Å². The van der Waals surface area contributed by atoms with Crippen molar-refractivity contribution in [2.75, 3.05) is 7.11 Å². The standard InChI is InChI=1S/C14H19N3OS/c1-9-4-3-5-10(9)8-17-13-11(15-14(17)19)6-7-12(16-13)18-2/h6-7,9-10H,3-5,8H2,1-2H3,(H,15,19). The molecular weight excluding hydrogens is 258 g/mol. The molecule has 0 saturated heterocycles. The maximum absolute atomic E-state index is 5.43. The van der Waals surface area contributed by atoms with Gasteiger partial charge >= 0.3 is 0 Å². The van der Waals surface area contributed by atoms with Crippen molar-refractivity contribution in [1.29, 1.82) is 0 Å². The van der Waals surface area contributed by atoms with Gasteiger partial charge in [0, 0.05) is 12.6 Å². The van der Waals surface area contributed by atoms with Gasteiger partial charge in [0.1, 0.15) is 0 Å². The highest BCUT2D eigenvalue weighted by Gasteiger charge is 2.24. The topological polar surface area (TPSA) is 42.8 Å². The highest BCUT2D eigenvalue weighted by Crippen LogP contribution is 2.33. The lowest BCUT2D eigenvalue weighted by Gasteiger charge is -2.16. The minimum Gasteiger partial charge on any atom is -0.481 e. The summed E-state index contributed by atoms with van der Waals surface area (Å²) in [6, 6.07) is 3.84. The Morgan fingerprint density at radius 3 is 3.00 bits per heavy atom. The monoisotopic (exact) mass is 277 g/mol. The van der Waals surface area contributed by atoms with Crippen LogP contribution >= 0.6 is 12.2 Å². The van der Waals surface area contributed by atoms with Crippen LogP contribution in [0.4, 0.5) is 0 Å². The van der Waals surface area contributed by atoms with Crippen molar-refractivity contribution < 1.29 is 4.74 Å². The molecule has 0 bridgehead atoms. The Hall–Kier alpha value is -1.36. The van der Waals surface area contributed by atoms with Crippen molar-refractivity contribution in [3.05, 3.63) is 16.9 Å². The first-order valence-corrected chi connectivity index (χ1v) is 7.23. The summed E-state index contributed by atoms with van der Waals surface area (Å²) < 4.78 is 8.09. The van der Waals surface area contributed by atoms with E-state index in [-0.39, 0.29) is 0 Å². The van der Waals surface area contributed by atoms with Gasteiger partial charge in [-0.15, -0.1) is 0 Å². The third kappa shape index (κ3) is 2.27. The van der Waals surface area contributed by atoms with Crippen molar-refractivity contribution in [3.8, 4) is 5.88 Å². The van der Waals surface area contributed by atoms with Crippen LogP contribution in [-0.2, 0) is 6.54 Å². The van der Waals surface area contributed by atoms with Crippen LogP contribution in [0.15, 0.2) is 12.1 Å². The number of pyridine rings is 1. The smallest absolute Gasteiger partial charge is 0.215 e. The number of fused-ring (bicyclic) bond motifs is 1. The lowest BCUT2D eigenvalue weighted by atomic mass is 9.98. The molecular formula is C14H19N3OS. The number of aromatic nitrogens is 3. The lowest BCUT2D eigenvalue weighted by molar-refractivity contribution is 0.364. The van der Waals surface area contributed by atoms with Gasteiger partial charge in [0.15, 0.2) is 10.4 Å². The maximum Gasteiger partial charge on any atom is 0.215 e. The minimum absolute atomic E-state index is 0.634. The fraction of sp³-hybridized carbons (Fsp3) is 0.571. The quantitative estimate of drug-likeness (QED) is 0.873. The molecule has 1 aliphatic rings. The van der Waals surface area contributed by atoms with E-state index < -0.39 is 0 Å². The number of hydrogen-bond donors (Lipinski definition) is 1. The molecule has 0 aliphatic heterocycles. The summed E-state index contributed by atoms with van der Waals surface area (Å²) in [6.45, 7) is 3.30.